The lowest BCUT2D eigenvalue weighted by Gasteiger charge is -2.34. The van der Waals surface area contributed by atoms with Crippen LogP contribution >= 0.6 is 0 Å². The van der Waals surface area contributed by atoms with E-state index in [4.69, 9.17) is 4.74 Å². The monoisotopic (exact) mass is 328 g/mol. The number of nitrogens with one attached hydrogen (secondary N) is 1. The molecule has 0 unspecified atom stereocenters. The van der Waals surface area contributed by atoms with Crippen LogP contribution in [0.4, 0.5) is 5.69 Å². The normalized spacial score (nSPS) is 23.8. The summed E-state index contributed by atoms with van der Waals surface area (Å²) in [6, 6.07) is 7.73. The zero-order valence-electron chi connectivity index (χ0n) is 14.0. The van der Waals surface area contributed by atoms with Crippen LogP contribution in [0.2, 0.25) is 0 Å². The van der Waals surface area contributed by atoms with Crippen LogP contribution in [0.25, 0.3) is 0 Å². The summed E-state index contributed by atoms with van der Waals surface area (Å²) < 4.78 is 5.31. The fourth-order valence-corrected chi connectivity index (χ4v) is 3.35. The minimum absolute atomic E-state index is 0.0726. The van der Waals surface area contributed by atoms with E-state index in [2.05, 4.69) is 5.32 Å². The average Bonchev–Trinajstić information content (AvgIpc) is 2.62. The third-order valence-electron chi connectivity index (χ3n) is 4.69. The van der Waals surface area contributed by atoms with Crippen LogP contribution in [0, 0.1) is 18.8 Å². The number of amides is 2. The minimum Gasteiger partial charge on any atom is -0.378 e. The minimum atomic E-state index is -0.314. The van der Waals surface area contributed by atoms with Crippen LogP contribution in [0.3, 0.4) is 0 Å². The Bertz CT molecular complexity index is 635. The number of morpholine rings is 1. The van der Waals surface area contributed by atoms with E-state index < -0.39 is 0 Å². The molecular weight excluding hydrogens is 304 g/mol. The molecule has 1 saturated heterocycles. The predicted molar refractivity (Wildman–Crippen MR) is 92.6 cm³/mol. The molecule has 1 aromatic carbocycles. The molecule has 24 heavy (non-hydrogen) atoms. The zero-order chi connectivity index (χ0) is 16.9. The number of rotatable bonds is 3. The first kappa shape index (κ1) is 16.7. The maximum Gasteiger partial charge on any atom is 0.228 e. The molecule has 1 aromatic rings. The van der Waals surface area contributed by atoms with Gasteiger partial charge in [-0.1, -0.05) is 24.3 Å². The van der Waals surface area contributed by atoms with Crippen molar-refractivity contribution in [3.63, 3.8) is 0 Å². The predicted octanol–water partition coefficient (Wildman–Crippen LogP) is 2.37. The molecule has 3 rings (SSSR count). The molecule has 128 valence electrons. The topological polar surface area (TPSA) is 58.6 Å². The Morgan fingerprint density at radius 2 is 1.83 bits per heavy atom. The van der Waals surface area contributed by atoms with Crippen molar-refractivity contribution in [2.75, 3.05) is 31.6 Å². The summed E-state index contributed by atoms with van der Waals surface area (Å²) in [4.78, 5) is 27.4. The third-order valence-corrected chi connectivity index (χ3v) is 4.69. The second-order valence-corrected chi connectivity index (χ2v) is 6.45. The number of carbonyl (C=O) groups is 2. The lowest BCUT2D eigenvalue weighted by atomic mass is 9.81. The molecule has 5 heteroatoms. The molecule has 0 saturated carbocycles. The van der Waals surface area contributed by atoms with Gasteiger partial charge in [-0.15, -0.1) is 0 Å². The smallest absolute Gasteiger partial charge is 0.228 e. The van der Waals surface area contributed by atoms with Crippen molar-refractivity contribution in [2.45, 2.75) is 19.8 Å². The summed E-state index contributed by atoms with van der Waals surface area (Å²) in [6.07, 6.45) is 5.25. The van der Waals surface area contributed by atoms with Crippen molar-refractivity contribution >= 4 is 17.5 Å². The van der Waals surface area contributed by atoms with Crippen LogP contribution in [0.5, 0.6) is 0 Å². The van der Waals surface area contributed by atoms with Crippen LogP contribution in [0.15, 0.2) is 36.4 Å². The van der Waals surface area contributed by atoms with Crippen molar-refractivity contribution in [2.24, 2.45) is 11.8 Å². The number of allylic oxidation sites excluding steroid dienone is 2. The number of ether oxygens (including phenoxy) is 1. The highest BCUT2D eigenvalue weighted by Crippen LogP contribution is 2.29. The van der Waals surface area contributed by atoms with Crippen LogP contribution in [0.1, 0.15) is 18.4 Å². The summed E-state index contributed by atoms with van der Waals surface area (Å²) >= 11 is 0. The van der Waals surface area contributed by atoms with Gasteiger partial charge in [0.05, 0.1) is 25.0 Å². The second-order valence-electron chi connectivity index (χ2n) is 6.45. The van der Waals surface area contributed by atoms with E-state index in [1.807, 2.05) is 48.2 Å². The Kier molecular flexibility index (Phi) is 5.30. The molecule has 2 atom stereocenters. The number of aryl methyl sites for hydroxylation is 1. The van der Waals surface area contributed by atoms with Crippen LogP contribution < -0.4 is 5.32 Å². The maximum absolute atomic E-state index is 12.8. The Labute approximate surface area is 142 Å². The van der Waals surface area contributed by atoms with Crippen LogP contribution in [-0.2, 0) is 14.3 Å². The SMILES string of the molecule is Cc1cccc(NC(=O)[C@H]2CC=CC[C@@H]2C(=O)N2CCOCC2)c1. The summed E-state index contributed by atoms with van der Waals surface area (Å²) in [6.45, 7) is 4.38. The summed E-state index contributed by atoms with van der Waals surface area (Å²) in [5, 5.41) is 2.97. The molecule has 0 spiro atoms. The van der Waals surface area contributed by atoms with Crippen molar-refractivity contribution < 1.29 is 14.3 Å². The van der Waals surface area contributed by atoms with E-state index in [1.165, 1.54) is 0 Å². The Morgan fingerprint density at radius 1 is 1.12 bits per heavy atom. The standard InChI is InChI=1S/C19H24N2O3/c1-14-5-4-6-15(13-14)20-18(22)16-7-2-3-8-17(16)19(23)21-9-11-24-12-10-21/h2-6,13,16-17H,7-12H2,1H3,(H,20,22)/t16-,17-/m0/s1. The van der Waals surface area contributed by atoms with Crippen molar-refractivity contribution in [3.8, 4) is 0 Å². The molecule has 1 aliphatic carbocycles. The largest absolute Gasteiger partial charge is 0.378 e. The summed E-state index contributed by atoms with van der Waals surface area (Å²) in [5.41, 5.74) is 1.88. The number of nitrogens with zero attached hydrogens (tertiary/aromatic N) is 1. The molecule has 1 heterocycles. The van der Waals surface area contributed by atoms with Gasteiger partial charge in [0.15, 0.2) is 0 Å². The first-order valence-corrected chi connectivity index (χ1v) is 8.54. The molecule has 1 aliphatic heterocycles. The van der Waals surface area contributed by atoms with Gasteiger partial charge in [0.1, 0.15) is 0 Å². The molecule has 1 fully saturated rings. The van der Waals surface area contributed by atoms with Crippen molar-refractivity contribution in [1.82, 2.24) is 4.90 Å². The van der Waals surface area contributed by atoms with E-state index in [9.17, 15) is 9.59 Å². The highest BCUT2D eigenvalue weighted by atomic mass is 16.5. The molecule has 0 radical (unpaired) electrons. The fourth-order valence-electron chi connectivity index (χ4n) is 3.35. The van der Waals surface area contributed by atoms with Gasteiger partial charge >= 0.3 is 0 Å². The fraction of sp³-hybridized carbons (Fsp3) is 0.474. The number of carbonyl (C=O) groups excluding carboxylic acids is 2. The number of hydrogen-bond acceptors (Lipinski definition) is 3. The Balaban J connectivity index is 1.70. The second kappa shape index (κ2) is 7.62. The van der Waals surface area contributed by atoms with Gasteiger partial charge in [0.25, 0.3) is 0 Å². The molecule has 0 aromatic heterocycles. The lowest BCUT2D eigenvalue weighted by Crippen LogP contribution is -2.47. The molecule has 2 aliphatic rings. The quantitative estimate of drug-likeness (QED) is 0.867. The van der Waals surface area contributed by atoms with E-state index in [0.717, 1.165) is 11.3 Å². The summed E-state index contributed by atoms with van der Waals surface area (Å²) in [5.74, 6) is -0.590. The van der Waals surface area contributed by atoms with E-state index in [0.29, 0.717) is 39.1 Å². The number of benzene rings is 1. The molecule has 5 nitrogen and oxygen atoms in total. The van der Waals surface area contributed by atoms with Gasteiger partial charge in [-0.05, 0) is 37.5 Å². The van der Waals surface area contributed by atoms with Gasteiger partial charge in [-0.2, -0.15) is 0 Å². The highest BCUT2D eigenvalue weighted by molar-refractivity contribution is 5.96. The first-order chi connectivity index (χ1) is 11.6. The zero-order valence-corrected chi connectivity index (χ0v) is 14.0. The third kappa shape index (κ3) is 3.85. The van der Waals surface area contributed by atoms with Gasteiger partial charge < -0.3 is 15.0 Å². The van der Waals surface area contributed by atoms with E-state index in [1.54, 1.807) is 0 Å². The first-order valence-electron chi connectivity index (χ1n) is 8.54. The number of anilines is 1. The van der Waals surface area contributed by atoms with Crippen molar-refractivity contribution in [1.29, 1.82) is 0 Å². The Morgan fingerprint density at radius 3 is 2.54 bits per heavy atom. The van der Waals surface area contributed by atoms with Gasteiger partial charge in [0.2, 0.25) is 11.8 Å². The molecular formula is C19H24N2O3. The lowest BCUT2D eigenvalue weighted by molar-refractivity contribution is -0.144. The Hall–Kier alpha value is -2.14. The highest BCUT2D eigenvalue weighted by Gasteiger charge is 2.36. The van der Waals surface area contributed by atoms with Crippen LogP contribution in [-0.4, -0.2) is 43.0 Å². The molecule has 0 bridgehead atoms. The maximum atomic E-state index is 12.8. The molecule has 2 amide bonds. The van der Waals surface area contributed by atoms with Gasteiger partial charge in [-0.25, -0.2) is 0 Å². The number of hydrogen-bond donors (Lipinski definition) is 1. The molecule has 1 N–H and O–H groups in total. The van der Waals surface area contributed by atoms with Gasteiger partial charge in [0, 0.05) is 18.8 Å². The van der Waals surface area contributed by atoms with Gasteiger partial charge in [-0.3, -0.25) is 9.59 Å². The van der Waals surface area contributed by atoms with Crippen molar-refractivity contribution in [3.05, 3.63) is 42.0 Å². The van der Waals surface area contributed by atoms with E-state index in [-0.39, 0.29) is 23.7 Å². The van der Waals surface area contributed by atoms with E-state index >= 15 is 0 Å². The summed E-state index contributed by atoms with van der Waals surface area (Å²) in [7, 11) is 0. The average molecular weight is 328 g/mol.